The van der Waals surface area contributed by atoms with Crippen LogP contribution >= 0.6 is 0 Å². The van der Waals surface area contributed by atoms with Gasteiger partial charge in [0.05, 0.1) is 6.61 Å². The molecule has 1 atom stereocenters. The Balaban J connectivity index is 1.90. The Morgan fingerprint density at radius 3 is 3.00 bits per heavy atom. The van der Waals surface area contributed by atoms with E-state index in [4.69, 9.17) is 9.47 Å². The van der Waals surface area contributed by atoms with Gasteiger partial charge in [-0.2, -0.15) is 0 Å². The highest BCUT2D eigenvalue weighted by Gasteiger charge is 2.23. The standard InChI is InChI=1S/C14H18O3/c1-2-11-5-3-4-6-14(11)17-10-13(15)12-7-8-16-9-12/h3-6,12H,2,7-10H2,1H3. The van der Waals surface area contributed by atoms with Gasteiger partial charge in [-0.25, -0.2) is 0 Å². The van der Waals surface area contributed by atoms with Gasteiger partial charge in [0.15, 0.2) is 5.78 Å². The van der Waals surface area contributed by atoms with Crippen molar-refractivity contribution in [2.45, 2.75) is 19.8 Å². The van der Waals surface area contributed by atoms with E-state index >= 15 is 0 Å². The summed E-state index contributed by atoms with van der Waals surface area (Å²) in [5.41, 5.74) is 1.14. The van der Waals surface area contributed by atoms with E-state index in [0.29, 0.717) is 13.2 Å². The van der Waals surface area contributed by atoms with Gasteiger partial charge in [-0.1, -0.05) is 25.1 Å². The maximum atomic E-state index is 11.8. The van der Waals surface area contributed by atoms with Crippen molar-refractivity contribution in [1.82, 2.24) is 0 Å². The minimum atomic E-state index is 0.0313. The summed E-state index contributed by atoms with van der Waals surface area (Å²) in [4.78, 5) is 11.8. The van der Waals surface area contributed by atoms with Gasteiger partial charge in [-0.15, -0.1) is 0 Å². The van der Waals surface area contributed by atoms with Crippen LogP contribution in [0, 0.1) is 5.92 Å². The van der Waals surface area contributed by atoms with Crippen molar-refractivity contribution in [2.24, 2.45) is 5.92 Å². The lowest BCUT2D eigenvalue weighted by Crippen LogP contribution is -2.21. The molecule has 17 heavy (non-hydrogen) atoms. The summed E-state index contributed by atoms with van der Waals surface area (Å²) in [5, 5.41) is 0. The van der Waals surface area contributed by atoms with E-state index in [9.17, 15) is 4.79 Å². The first-order chi connectivity index (χ1) is 8.31. The Morgan fingerprint density at radius 2 is 2.29 bits per heavy atom. The van der Waals surface area contributed by atoms with E-state index in [2.05, 4.69) is 6.92 Å². The average Bonchev–Trinajstić information content (AvgIpc) is 2.90. The van der Waals surface area contributed by atoms with Crippen LogP contribution in [0.25, 0.3) is 0 Å². The fourth-order valence-electron chi connectivity index (χ4n) is 1.99. The van der Waals surface area contributed by atoms with E-state index < -0.39 is 0 Å². The second-order valence-electron chi connectivity index (χ2n) is 4.28. The summed E-state index contributed by atoms with van der Waals surface area (Å²) in [6.07, 6.45) is 1.74. The average molecular weight is 234 g/mol. The van der Waals surface area contributed by atoms with Crippen molar-refractivity contribution >= 4 is 5.78 Å². The number of hydrogen-bond donors (Lipinski definition) is 0. The molecule has 92 valence electrons. The third-order valence-electron chi connectivity index (χ3n) is 3.11. The second kappa shape index (κ2) is 5.82. The Hall–Kier alpha value is -1.35. The first kappa shape index (κ1) is 12.1. The number of ether oxygens (including phenoxy) is 2. The summed E-state index contributed by atoms with van der Waals surface area (Å²) in [6, 6.07) is 7.85. The number of hydrogen-bond acceptors (Lipinski definition) is 3. The summed E-state index contributed by atoms with van der Waals surface area (Å²) in [7, 11) is 0. The molecule has 2 rings (SSSR count). The van der Waals surface area contributed by atoms with E-state index in [1.165, 1.54) is 0 Å². The predicted molar refractivity (Wildman–Crippen MR) is 65.2 cm³/mol. The lowest BCUT2D eigenvalue weighted by atomic mass is 10.0. The molecule has 0 radical (unpaired) electrons. The van der Waals surface area contributed by atoms with Crippen molar-refractivity contribution in [3.63, 3.8) is 0 Å². The lowest BCUT2D eigenvalue weighted by molar-refractivity contribution is -0.124. The third-order valence-corrected chi connectivity index (χ3v) is 3.11. The molecule has 0 bridgehead atoms. The maximum Gasteiger partial charge on any atom is 0.175 e. The number of rotatable bonds is 5. The van der Waals surface area contributed by atoms with Crippen LogP contribution in [0.5, 0.6) is 5.75 Å². The monoisotopic (exact) mass is 234 g/mol. The van der Waals surface area contributed by atoms with E-state index in [1.54, 1.807) is 0 Å². The molecule has 1 aromatic rings. The van der Waals surface area contributed by atoms with Crippen molar-refractivity contribution in [3.8, 4) is 5.75 Å². The molecule has 3 nitrogen and oxygen atoms in total. The highest BCUT2D eigenvalue weighted by atomic mass is 16.5. The van der Waals surface area contributed by atoms with E-state index in [0.717, 1.165) is 24.2 Å². The van der Waals surface area contributed by atoms with Crippen molar-refractivity contribution in [1.29, 1.82) is 0 Å². The largest absolute Gasteiger partial charge is 0.486 e. The molecule has 1 aliphatic heterocycles. The Bertz CT molecular complexity index is 381. The molecule has 1 aromatic carbocycles. The number of carbonyl (C=O) groups excluding carboxylic acids is 1. The van der Waals surface area contributed by atoms with Gasteiger partial charge in [-0.05, 0) is 24.5 Å². The van der Waals surface area contributed by atoms with Crippen LogP contribution < -0.4 is 4.74 Å². The molecule has 0 aliphatic carbocycles. The van der Waals surface area contributed by atoms with Crippen LogP contribution in [0.1, 0.15) is 18.9 Å². The maximum absolute atomic E-state index is 11.8. The quantitative estimate of drug-likeness (QED) is 0.783. The van der Waals surface area contributed by atoms with Gasteiger partial charge in [0.25, 0.3) is 0 Å². The Labute approximate surface area is 102 Å². The van der Waals surface area contributed by atoms with Crippen molar-refractivity contribution < 1.29 is 14.3 Å². The molecule has 0 aromatic heterocycles. The van der Waals surface area contributed by atoms with Gasteiger partial charge in [0.2, 0.25) is 0 Å². The highest BCUT2D eigenvalue weighted by Crippen LogP contribution is 2.19. The first-order valence-corrected chi connectivity index (χ1v) is 6.12. The van der Waals surface area contributed by atoms with Crippen LogP contribution in [0.15, 0.2) is 24.3 Å². The molecule has 1 fully saturated rings. The van der Waals surface area contributed by atoms with Crippen LogP contribution in [0.2, 0.25) is 0 Å². The zero-order valence-corrected chi connectivity index (χ0v) is 10.1. The molecule has 1 aliphatic rings. The number of aryl methyl sites for hydroxylation is 1. The van der Waals surface area contributed by atoms with Crippen LogP contribution in [0.4, 0.5) is 0 Å². The zero-order chi connectivity index (χ0) is 12.1. The topological polar surface area (TPSA) is 35.5 Å². The van der Waals surface area contributed by atoms with Crippen LogP contribution in [-0.2, 0) is 16.0 Å². The normalized spacial score (nSPS) is 19.2. The molecule has 0 spiro atoms. The van der Waals surface area contributed by atoms with Crippen molar-refractivity contribution in [3.05, 3.63) is 29.8 Å². The second-order valence-corrected chi connectivity index (χ2v) is 4.28. The smallest absolute Gasteiger partial charge is 0.175 e. The minimum absolute atomic E-state index is 0.0313. The number of Topliss-reactive ketones (excluding diaryl/α,β-unsaturated/α-hetero) is 1. The summed E-state index contributed by atoms with van der Waals surface area (Å²) in [6.45, 7) is 3.49. The molecule has 3 heteroatoms. The van der Waals surface area contributed by atoms with Crippen LogP contribution in [0.3, 0.4) is 0 Å². The van der Waals surface area contributed by atoms with Crippen molar-refractivity contribution in [2.75, 3.05) is 19.8 Å². The summed E-state index contributed by atoms with van der Waals surface area (Å²) < 4.78 is 10.8. The lowest BCUT2D eigenvalue weighted by Gasteiger charge is -2.11. The predicted octanol–water partition coefficient (Wildman–Crippen LogP) is 2.23. The number of benzene rings is 1. The molecule has 1 saturated heterocycles. The molecular weight excluding hydrogens is 216 g/mol. The van der Waals surface area contributed by atoms with Gasteiger partial charge >= 0.3 is 0 Å². The first-order valence-electron chi connectivity index (χ1n) is 6.12. The molecular formula is C14H18O3. The fourth-order valence-corrected chi connectivity index (χ4v) is 1.99. The zero-order valence-electron chi connectivity index (χ0n) is 10.1. The Kier molecular flexibility index (Phi) is 4.15. The molecule has 0 N–H and O–H groups in total. The molecule has 1 heterocycles. The van der Waals surface area contributed by atoms with E-state index in [1.807, 2.05) is 24.3 Å². The van der Waals surface area contributed by atoms with Gasteiger partial charge < -0.3 is 9.47 Å². The number of carbonyl (C=O) groups is 1. The van der Waals surface area contributed by atoms with Gasteiger partial charge in [-0.3, -0.25) is 4.79 Å². The Morgan fingerprint density at radius 1 is 1.47 bits per heavy atom. The number of ketones is 1. The third kappa shape index (κ3) is 3.07. The molecule has 1 unspecified atom stereocenters. The molecule has 0 saturated carbocycles. The van der Waals surface area contributed by atoms with Gasteiger partial charge in [0, 0.05) is 12.5 Å². The number of para-hydroxylation sites is 1. The minimum Gasteiger partial charge on any atom is -0.486 e. The summed E-state index contributed by atoms with van der Waals surface area (Å²) >= 11 is 0. The van der Waals surface area contributed by atoms with Gasteiger partial charge in [0.1, 0.15) is 12.4 Å². The fraction of sp³-hybridized carbons (Fsp3) is 0.500. The molecule has 0 amide bonds. The highest BCUT2D eigenvalue weighted by molar-refractivity contribution is 5.82. The van der Waals surface area contributed by atoms with Crippen LogP contribution in [-0.4, -0.2) is 25.6 Å². The summed E-state index contributed by atoms with van der Waals surface area (Å²) in [5.74, 6) is 1.000. The van der Waals surface area contributed by atoms with E-state index in [-0.39, 0.29) is 18.3 Å². The SMILES string of the molecule is CCc1ccccc1OCC(=O)C1CCOC1.